The van der Waals surface area contributed by atoms with Crippen LogP contribution < -0.4 is 0 Å². The molecular weight excluding hydrogens is 200 g/mol. The van der Waals surface area contributed by atoms with Gasteiger partial charge in [0.25, 0.3) is 0 Å². The summed E-state index contributed by atoms with van der Waals surface area (Å²) in [6.07, 6.45) is 6.64. The summed E-state index contributed by atoms with van der Waals surface area (Å²) < 4.78 is 0. The summed E-state index contributed by atoms with van der Waals surface area (Å²) in [6.45, 7) is 4.08. The van der Waals surface area contributed by atoms with Crippen molar-refractivity contribution in [2.75, 3.05) is 0 Å². The molecule has 16 heavy (non-hydrogen) atoms. The third-order valence-corrected chi connectivity index (χ3v) is 3.39. The van der Waals surface area contributed by atoms with Crippen molar-refractivity contribution in [3.8, 4) is 0 Å². The highest BCUT2D eigenvalue weighted by atomic mass is 16.3. The van der Waals surface area contributed by atoms with Gasteiger partial charge >= 0.3 is 0 Å². The van der Waals surface area contributed by atoms with Crippen LogP contribution in [-0.2, 0) is 19.3 Å². The Hall–Kier alpha value is -0.960. The zero-order valence-electron chi connectivity index (χ0n) is 10.1. The second-order valence-electron chi connectivity index (χ2n) is 4.97. The van der Waals surface area contributed by atoms with Crippen LogP contribution in [0.3, 0.4) is 0 Å². The normalized spacial score (nSPS) is 17.2. The van der Waals surface area contributed by atoms with Crippen molar-refractivity contribution in [1.29, 1.82) is 0 Å². The van der Waals surface area contributed by atoms with Gasteiger partial charge in [-0.3, -0.25) is 0 Å². The van der Waals surface area contributed by atoms with Crippen LogP contribution in [0.5, 0.6) is 0 Å². The highest BCUT2D eigenvalue weighted by molar-refractivity contribution is 5.27. The van der Waals surface area contributed by atoms with Crippen LogP contribution in [0.15, 0.2) is 6.33 Å². The van der Waals surface area contributed by atoms with Gasteiger partial charge in [-0.25, -0.2) is 9.97 Å². The number of hydrogen-bond acceptors (Lipinski definition) is 3. The minimum Gasteiger partial charge on any atom is -0.392 e. The Morgan fingerprint density at radius 1 is 1.25 bits per heavy atom. The summed E-state index contributed by atoms with van der Waals surface area (Å²) in [7, 11) is 0. The fourth-order valence-electron chi connectivity index (χ4n) is 2.20. The van der Waals surface area contributed by atoms with Crippen LogP contribution in [0, 0.1) is 5.92 Å². The maximum absolute atomic E-state index is 9.92. The minimum atomic E-state index is -0.291. The van der Waals surface area contributed by atoms with Crippen molar-refractivity contribution in [2.45, 2.75) is 52.1 Å². The summed E-state index contributed by atoms with van der Waals surface area (Å²) in [5.74, 6) is 0.286. The highest BCUT2D eigenvalue weighted by Gasteiger charge is 2.18. The van der Waals surface area contributed by atoms with Crippen LogP contribution in [0.1, 0.15) is 43.6 Å². The molecule has 0 bridgehead atoms. The van der Waals surface area contributed by atoms with Crippen LogP contribution >= 0.6 is 0 Å². The molecule has 1 atom stereocenters. The number of fused-ring (bicyclic) bond motifs is 1. The molecule has 0 amide bonds. The molecule has 0 saturated carbocycles. The van der Waals surface area contributed by atoms with Crippen molar-refractivity contribution >= 4 is 0 Å². The molecule has 0 fully saturated rings. The molecule has 0 spiro atoms. The van der Waals surface area contributed by atoms with E-state index in [-0.39, 0.29) is 12.0 Å². The fraction of sp³-hybridized carbons (Fsp3) is 0.692. The Morgan fingerprint density at radius 3 is 2.75 bits per heavy atom. The number of nitrogens with zero attached hydrogens (tertiary/aromatic N) is 2. The van der Waals surface area contributed by atoms with Crippen molar-refractivity contribution < 1.29 is 5.11 Å². The summed E-state index contributed by atoms with van der Waals surface area (Å²) in [5.41, 5.74) is 3.56. The number of aliphatic hydroxyl groups is 1. The summed E-state index contributed by atoms with van der Waals surface area (Å²) in [5, 5.41) is 9.92. The van der Waals surface area contributed by atoms with Crippen LogP contribution in [0.2, 0.25) is 0 Å². The maximum atomic E-state index is 9.92. The van der Waals surface area contributed by atoms with Crippen molar-refractivity contribution in [1.82, 2.24) is 9.97 Å². The predicted molar refractivity (Wildman–Crippen MR) is 63.2 cm³/mol. The molecule has 88 valence electrons. The average molecular weight is 220 g/mol. The number of aryl methyl sites for hydroxylation is 1. The Kier molecular flexibility index (Phi) is 3.54. The first-order valence-corrected chi connectivity index (χ1v) is 6.18. The van der Waals surface area contributed by atoms with Gasteiger partial charge in [-0.05, 0) is 37.2 Å². The third kappa shape index (κ3) is 2.40. The van der Waals surface area contributed by atoms with Gasteiger partial charge in [-0.2, -0.15) is 0 Å². The lowest BCUT2D eigenvalue weighted by molar-refractivity contribution is 0.124. The van der Waals surface area contributed by atoms with Gasteiger partial charge < -0.3 is 5.11 Å². The molecule has 3 heteroatoms. The van der Waals surface area contributed by atoms with E-state index in [2.05, 4.69) is 9.97 Å². The van der Waals surface area contributed by atoms with Gasteiger partial charge in [0, 0.05) is 17.8 Å². The zero-order chi connectivity index (χ0) is 11.5. The average Bonchev–Trinajstić information content (AvgIpc) is 2.29. The number of aromatic nitrogens is 2. The van der Waals surface area contributed by atoms with Gasteiger partial charge in [-0.1, -0.05) is 13.8 Å². The first kappa shape index (κ1) is 11.5. The Bertz CT molecular complexity index is 363. The molecule has 0 saturated heterocycles. The van der Waals surface area contributed by atoms with Crippen LogP contribution in [-0.4, -0.2) is 21.2 Å². The Balaban J connectivity index is 2.20. The van der Waals surface area contributed by atoms with Crippen molar-refractivity contribution in [3.05, 3.63) is 23.3 Å². The smallest absolute Gasteiger partial charge is 0.115 e. The van der Waals surface area contributed by atoms with Crippen LogP contribution in [0.4, 0.5) is 0 Å². The third-order valence-electron chi connectivity index (χ3n) is 3.39. The first-order valence-electron chi connectivity index (χ1n) is 6.18. The van der Waals surface area contributed by atoms with Gasteiger partial charge in [0.2, 0.25) is 0 Å². The van der Waals surface area contributed by atoms with Crippen molar-refractivity contribution in [3.63, 3.8) is 0 Å². The van der Waals surface area contributed by atoms with E-state index < -0.39 is 0 Å². The molecular formula is C13H20N2O. The van der Waals surface area contributed by atoms with Gasteiger partial charge in [0.15, 0.2) is 0 Å². The predicted octanol–water partition coefficient (Wildman–Crippen LogP) is 1.91. The largest absolute Gasteiger partial charge is 0.392 e. The maximum Gasteiger partial charge on any atom is 0.115 e. The Morgan fingerprint density at radius 2 is 2.00 bits per heavy atom. The highest BCUT2D eigenvalue weighted by Crippen LogP contribution is 2.22. The summed E-state index contributed by atoms with van der Waals surface area (Å²) in [6, 6.07) is 0. The van der Waals surface area contributed by atoms with Gasteiger partial charge in [0.05, 0.1) is 6.10 Å². The molecule has 1 N–H and O–H groups in total. The van der Waals surface area contributed by atoms with E-state index in [0.717, 1.165) is 18.5 Å². The van der Waals surface area contributed by atoms with E-state index in [1.807, 2.05) is 13.8 Å². The molecule has 1 aliphatic carbocycles. The topological polar surface area (TPSA) is 46.0 Å². The molecule has 1 heterocycles. The molecule has 1 aliphatic rings. The van der Waals surface area contributed by atoms with E-state index in [1.54, 1.807) is 6.33 Å². The van der Waals surface area contributed by atoms with Crippen molar-refractivity contribution in [2.24, 2.45) is 5.92 Å². The van der Waals surface area contributed by atoms with Gasteiger partial charge in [0.1, 0.15) is 6.33 Å². The quantitative estimate of drug-likeness (QED) is 0.846. The zero-order valence-corrected chi connectivity index (χ0v) is 10.1. The van der Waals surface area contributed by atoms with E-state index in [4.69, 9.17) is 0 Å². The van der Waals surface area contributed by atoms with E-state index in [1.165, 1.54) is 24.1 Å². The first-order chi connectivity index (χ1) is 7.68. The standard InChI is InChI=1S/C13H20N2O/c1-9(2)13(16)7-12-10-5-3-4-6-11(10)14-8-15-12/h8-9,13,16H,3-7H2,1-2H3. The second kappa shape index (κ2) is 4.91. The summed E-state index contributed by atoms with van der Waals surface area (Å²) in [4.78, 5) is 8.68. The molecule has 2 rings (SSSR count). The lowest BCUT2D eigenvalue weighted by atomic mass is 9.91. The molecule has 0 aliphatic heterocycles. The number of hydrogen-bond donors (Lipinski definition) is 1. The Labute approximate surface area is 96.9 Å². The van der Waals surface area contributed by atoms with E-state index in [0.29, 0.717) is 6.42 Å². The van der Waals surface area contributed by atoms with Crippen LogP contribution in [0.25, 0.3) is 0 Å². The molecule has 0 aromatic carbocycles. The molecule has 1 aromatic rings. The lowest BCUT2D eigenvalue weighted by Gasteiger charge is -2.20. The SMILES string of the molecule is CC(C)C(O)Cc1ncnc2c1CCCC2. The minimum absolute atomic E-state index is 0.286. The molecule has 1 unspecified atom stereocenters. The van der Waals surface area contributed by atoms with E-state index in [9.17, 15) is 5.11 Å². The molecule has 1 aromatic heterocycles. The number of aliphatic hydroxyl groups excluding tert-OH is 1. The summed E-state index contributed by atoms with van der Waals surface area (Å²) >= 11 is 0. The number of rotatable bonds is 3. The second-order valence-corrected chi connectivity index (χ2v) is 4.97. The fourth-order valence-corrected chi connectivity index (χ4v) is 2.20. The molecule has 0 radical (unpaired) electrons. The van der Waals surface area contributed by atoms with Gasteiger partial charge in [-0.15, -0.1) is 0 Å². The monoisotopic (exact) mass is 220 g/mol. The molecule has 3 nitrogen and oxygen atoms in total. The van der Waals surface area contributed by atoms with E-state index >= 15 is 0 Å². The lowest BCUT2D eigenvalue weighted by Crippen LogP contribution is -2.21.